The van der Waals surface area contributed by atoms with Gasteiger partial charge in [0.1, 0.15) is 13.2 Å². The van der Waals surface area contributed by atoms with E-state index in [1.165, 1.54) is 135 Å². The van der Waals surface area contributed by atoms with Crippen molar-refractivity contribution >= 4 is 17.9 Å². The minimum absolute atomic E-state index is 0.0831. The molecule has 1 unspecified atom stereocenters. The predicted molar refractivity (Wildman–Crippen MR) is 348 cm³/mol. The van der Waals surface area contributed by atoms with Crippen molar-refractivity contribution < 1.29 is 28.6 Å². The van der Waals surface area contributed by atoms with Crippen molar-refractivity contribution in [3.05, 3.63) is 122 Å². The highest BCUT2D eigenvalue weighted by molar-refractivity contribution is 5.71. The molecule has 6 nitrogen and oxygen atoms in total. The van der Waals surface area contributed by atoms with Crippen LogP contribution in [0.4, 0.5) is 0 Å². The molecule has 0 spiro atoms. The zero-order valence-corrected chi connectivity index (χ0v) is 52.3. The fourth-order valence-electron chi connectivity index (χ4n) is 9.26. The minimum Gasteiger partial charge on any atom is -0.462 e. The number of allylic oxidation sites excluding steroid dienone is 20. The molecule has 0 amide bonds. The molecule has 80 heavy (non-hydrogen) atoms. The first-order valence-electron chi connectivity index (χ1n) is 33.5. The summed E-state index contributed by atoms with van der Waals surface area (Å²) in [6.07, 6.45) is 93.8. The quantitative estimate of drug-likeness (QED) is 0.0261. The molecule has 6 heteroatoms. The molecule has 0 aliphatic heterocycles. The summed E-state index contributed by atoms with van der Waals surface area (Å²) in [4.78, 5) is 38.2. The second-order valence-corrected chi connectivity index (χ2v) is 22.0. The van der Waals surface area contributed by atoms with Gasteiger partial charge in [0, 0.05) is 19.3 Å². The molecule has 0 heterocycles. The maximum atomic E-state index is 12.9. The molecular formula is C74H124O6. The van der Waals surface area contributed by atoms with Gasteiger partial charge in [0.25, 0.3) is 0 Å². The number of carbonyl (C=O) groups excluding carboxylic acids is 3. The summed E-state index contributed by atoms with van der Waals surface area (Å²) in [6.45, 7) is 6.39. The molecule has 0 rings (SSSR count). The fourth-order valence-corrected chi connectivity index (χ4v) is 9.26. The molecule has 456 valence electrons. The SMILES string of the molecule is CC/C=C\C/C=C\C/C=C\C/C=C\C/C=C\C/C=C\CCCCCCCCC(=O)OC(COC(=O)CCCCCCCCCC)COC(=O)CCCCCCCCCCCCCCCCCC/C=C\C/C=C\C/C=C\C/C=C\CC. The topological polar surface area (TPSA) is 78.9 Å². The maximum Gasteiger partial charge on any atom is 0.306 e. The van der Waals surface area contributed by atoms with Crippen LogP contribution in [0.25, 0.3) is 0 Å². The second-order valence-electron chi connectivity index (χ2n) is 22.0. The first kappa shape index (κ1) is 75.8. The molecule has 0 saturated carbocycles. The Balaban J connectivity index is 4.17. The number of esters is 3. The van der Waals surface area contributed by atoms with E-state index in [9.17, 15) is 14.4 Å². The molecule has 0 fully saturated rings. The van der Waals surface area contributed by atoms with Crippen LogP contribution in [-0.4, -0.2) is 37.2 Å². The second kappa shape index (κ2) is 67.3. The molecule has 0 aromatic carbocycles. The molecule has 0 aliphatic carbocycles. The van der Waals surface area contributed by atoms with Crippen LogP contribution in [0.3, 0.4) is 0 Å². The first-order chi connectivity index (χ1) is 39.5. The van der Waals surface area contributed by atoms with Crippen LogP contribution >= 0.6 is 0 Å². The summed E-state index contributed by atoms with van der Waals surface area (Å²) < 4.78 is 16.9. The van der Waals surface area contributed by atoms with Crippen LogP contribution in [0.2, 0.25) is 0 Å². The van der Waals surface area contributed by atoms with E-state index in [2.05, 4.69) is 142 Å². The lowest BCUT2D eigenvalue weighted by Crippen LogP contribution is -2.30. The smallest absolute Gasteiger partial charge is 0.306 e. The van der Waals surface area contributed by atoms with Gasteiger partial charge < -0.3 is 14.2 Å². The van der Waals surface area contributed by atoms with Gasteiger partial charge in [-0.05, 0) is 109 Å². The van der Waals surface area contributed by atoms with Gasteiger partial charge in [-0.15, -0.1) is 0 Å². The van der Waals surface area contributed by atoms with Crippen molar-refractivity contribution in [3.8, 4) is 0 Å². The van der Waals surface area contributed by atoms with Gasteiger partial charge in [-0.25, -0.2) is 0 Å². The maximum absolute atomic E-state index is 12.9. The van der Waals surface area contributed by atoms with Crippen LogP contribution in [0.15, 0.2) is 122 Å². The Kier molecular flexibility index (Phi) is 63.8. The van der Waals surface area contributed by atoms with Crippen LogP contribution < -0.4 is 0 Å². The third kappa shape index (κ3) is 64.6. The molecule has 1 atom stereocenters. The summed E-state index contributed by atoms with van der Waals surface area (Å²) in [7, 11) is 0. The zero-order chi connectivity index (χ0) is 57.8. The Morgan fingerprint density at radius 2 is 0.487 bits per heavy atom. The Morgan fingerprint density at radius 3 is 0.762 bits per heavy atom. The van der Waals surface area contributed by atoms with Gasteiger partial charge in [0.05, 0.1) is 0 Å². The lowest BCUT2D eigenvalue weighted by Gasteiger charge is -2.18. The minimum atomic E-state index is -0.786. The molecular weight excluding hydrogens is 985 g/mol. The lowest BCUT2D eigenvalue weighted by atomic mass is 10.0. The van der Waals surface area contributed by atoms with Gasteiger partial charge >= 0.3 is 17.9 Å². The highest BCUT2D eigenvalue weighted by atomic mass is 16.6. The van der Waals surface area contributed by atoms with E-state index < -0.39 is 6.10 Å². The Labute approximate surface area is 494 Å². The van der Waals surface area contributed by atoms with Gasteiger partial charge in [-0.2, -0.15) is 0 Å². The fraction of sp³-hybridized carbons (Fsp3) is 0.689. The van der Waals surface area contributed by atoms with Gasteiger partial charge in [0.2, 0.25) is 0 Å². The van der Waals surface area contributed by atoms with E-state index in [4.69, 9.17) is 14.2 Å². The number of ether oxygens (including phenoxy) is 3. The van der Waals surface area contributed by atoms with E-state index in [0.717, 1.165) is 135 Å². The average Bonchev–Trinajstić information content (AvgIpc) is 3.46. The van der Waals surface area contributed by atoms with Crippen molar-refractivity contribution in [1.29, 1.82) is 0 Å². The third-order valence-corrected chi connectivity index (χ3v) is 14.2. The molecule has 0 radical (unpaired) electrons. The van der Waals surface area contributed by atoms with Gasteiger partial charge in [0.15, 0.2) is 6.10 Å². The standard InChI is InChI=1S/C74H124O6/c1-4-7-10-13-16-19-21-23-25-27-29-31-33-35-36-37-38-40-41-43-45-47-49-51-53-55-58-61-64-67-73(76)79-70-71(69-78-72(75)66-63-60-57-18-15-12-9-6-3)80-74(77)68-65-62-59-56-54-52-50-48-46-44-42-39-34-32-30-28-26-24-22-20-17-14-11-8-5-2/h7-8,10-11,16-17,19-20,23-26,29-32,39,42,46,48,71H,4-6,9,12-15,18,21-22,27-28,33-38,40-41,43-45,47,49-70H2,1-3H3/b10-7-,11-8-,19-16-,20-17-,25-23-,26-24-,31-29-,32-30-,42-39-,48-46-. The lowest BCUT2D eigenvalue weighted by molar-refractivity contribution is -0.167. The van der Waals surface area contributed by atoms with Crippen molar-refractivity contribution in [2.75, 3.05) is 13.2 Å². The van der Waals surface area contributed by atoms with E-state index >= 15 is 0 Å². The number of hydrogen-bond donors (Lipinski definition) is 0. The highest BCUT2D eigenvalue weighted by Crippen LogP contribution is 2.17. The number of unbranched alkanes of at least 4 members (excludes halogenated alkanes) is 29. The van der Waals surface area contributed by atoms with E-state index in [1.807, 2.05) is 0 Å². The molecule has 0 saturated heterocycles. The van der Waals surface area contributed by atoms with Crippen molar-refractivity contribution in [3.63, 3.8) is 0 Å². The molecule has 0 aromatic rings. The Bertz CT molecular complexity index is 1650. The summed E-state index contributed by atoms with van der Waals surface area (Å²) in [5.74, 6) is -0.894. The monoisotopic (exact) mass is 1110 g/mol. The largest absolute Gasteiger partial charge is 0.462 e. The summed E-state index contributed by atoms with van der Waals surface area (Å²) >= 11 is 0. The first-order valence-corrected chi connectivity index (χ1v) is 33.5. The zero-order valence-electron chi connectivity index (χ0n) is 52.3. The van der Waals surface area contributed by atoms with Crippen LogP contribution in [0, 0.1) is 0 Å². The Morgan fingerprint density at radius 1 is 0.263 bits per heavy atom. The van der Waals surface area contributed by atoms with E-state index in [1.54, 1.807) is 0 Å². The van der Waals surface area contributed by atoms with Crippen molar-refractivity contribution in [1.82, 2.24) is 0 Å². The summed E-state index contributed by atoms with van der Waals surface area (Å²) in [6, 6.07) is 0. The van der Waals surface area contributed by atoms with Gasteiger partial charge in [-0.1, -0.05) is 303 Å². The molecule has 0 bridgehead atoms. The predicted octanol–water partition coefficient (Wildman–Crippen LogP) is 23.2. The Hall–Kier alpha value is -4.19. The average molecular weight is 1110 g/mol. The van der Waals surface area contributed by atoms with Crippen LogP contribution in [0.5, 0.6) is 0 Å². The molecule has 0 N–H and O–H groups in total. The van der Waals surface area contributed by atoms with Crippen LogP contribution in [0.1, 0.15) is 310 Å². The summed E-state index contributed by atoms with van der Waals surface area (Å²) in [5.41, 5.74) is 0. The summed E-state index contributed by atoms with van der Waals surface area (Å²) in [5, 5.41) is 0. The number of rotatable bonds is 60. The molecule has 0 aliphatic rings. The van der Waals surface area contributed by atoms with E-state index in [0.29, 0.717) is 19.3 Å². The van der Waals surface area contributed by atoms with Gasteiger partial charge in [-0.3, -0.25) is 14.4 Å². The number of carbonyl (C=O) groups is 3. The van der Waals surface area contributed by atoms with Crippen molar-refractivity contribution in [2.45, 2.75) is 316 Å². The van der Waals surface area contributed by atoms with Crippen molar-refractivity contribution in [2.24, 2.45) is 0 Å². The third-order valence-electron chi connectivity index (χ3n) is 14.2. The van der Waals surface area contributed by atoms with E-state index in [-0.39, 0.29) is 31.1 Å². The normalized spacial score (nSPS) is 12.9. The molecule has 0 aromatic heterocycles. The highest BCUT2D eigenvalue weighted by Gasteiger charge is 2.19. The number of hydrogen-bond acceptors (Lipinski definition) is 6. The van der Waals surface area contributed by atoms with Crippen LogP contribution in [-0.2, 0) is 28.6 Å².